The van der Waals surface area contributed by atoms with Gasteiger partial charge in [-0.3, -0.25) is 4.79 Å². The minimum Gasteiger partial charge on any atom is -0.312 e. The number of carbonyl (C=O) groups is 1. The Kier molecular flexibility index (Phi) is 3.30. The summed E-state index contributed by atoms with van der Waals surface area (Å²) >= 11 is 1.65. The average molecular weight is 287 g/mol. The summed E-state index contributed by atoms with van der Waals surface area (Å²) in [6.45, 7) is 2.95. The number of azide groups is 1. The number of carbonyl (C=O) groups excluding carboxylic acids is 1. The van der Waals surface area contributed by atoms with Crippen LogP contribution in [0.25, 0.3) is 20.7 Å². The van der Waals surface area contributed by atoms with Gasteiger partial charge in [0.2, 0.25) is 5.91 Å². The minimum atomic E-state index is 0.0782. The smallest absolute Gasteiger partial charge is 0.227 e. The first-order valence-corrected chi connectivity index (χ1v) is 7.17. The van der Waals surface area contributed by atoms with E-state index in [1.54, 1.807) is 16.2 Å². The first-order chi connectivity index (χ1) is 9.67. The Bertz CT molecular complexity index is 719. The monoisotopic (exact) mass is 287 g/mol. The quantitative estimate of drug-likeness (QED) is 0.493. The van der Waals surface area contributed by atoms with Crippen molar-refractivity contribution in [3.8, 4) is 0 Å². The maximum atomic E-state index is 12.1. The van der Waals surface area contributed by atoms with Crippen molar-refractivity contribution in [2.45, 2.75) is 13.3 Å². The SMILES string of the molecule is Cc1nc2cc(N3CC(CN=[N+]=[N-])CC3=O)ccc2s1. The zero-order valence-corrected chi connectivity index (χ0v) is 11.8. The molecular weight excluding hydrogens is 274 g/mol. The zero-order chi connectivity index (χ0) is 14.1. The number of hydrogen-bond acceptors (Lipinski definition) is 4. The van der Waals surface area contributed by atoms with Gasteiger partial charge in [0.1, 0.15) is 0 Å². The van der Waals surface area contributed by atoms with Gasteiger partial charge in [-0.25, -0.2) is 4.98 Å². The summed E-state index contributed by atoms with van der Waals surface area (Å²) in [5, 5.41) is 4.58. The molecule has 20 heavy (non-hydrogen) atoms. The van der Waals surface area contributed by atoms with E-state index in [-0.39, 0.29) is 11.8 Å². The molecule has 6 nitrogen and oxygen atoms in total. The first-order valence-electron chi connectivity index (χ1n) is 6.36. The molecule has 1 unspecified atom stereocenters. The molecule has 1 amide bonds. The lowest BCUT2D eigenvalue weighted by molar-refractivity contribution is -0.117. The van der Waals surface area contributed by atoms with Crippen LogP contribution in [-0.4, -0.2) is 24.0 Å². The van der Waals surface area contributed by atoms with E-state index in [0.29, 0.717) is 19.5 Å². The average Bonchev–Trinajstić information content (AvgIpc) is 2.97. The molecule has 1 aliphatic rings. The molecule has 1 saturated heterocycles. The number of benzene rings is 1. The van der Waals surface area contributed by atoms with Crippen LogP contribution in [0.5, 0.6) is 0 Å². The Morgan fingerprint density at radius 2 is 2.45 bits per heavy atom. The molecule has 2 aromatic rings. The molecular formula is C13H13N5OS. The number of aryl methyl sites for hydroxylation is 1. The topological polar surface area (TPSA) is 82.0 Å². The van der Waals surface area contributed by atoms with Gasteiger partial charge < -0.3 is 4.90 Å². The van der Waals surface area contributed by atoms with Gasteiger partial charge in [0.15, 0.2) is 0 Å². The third-order valence-electron chi connectivity index (χ3n) is 3.40. The second-order valence-corrected chi connectivity index (χ2v) is 6.11. The predicted octanol–water partition coefficient (Wildman–Crippen LogP) is 3.27. The summed E-state index contributed by atoms with van der Waals surface area (Å²) in [4.78, 5) is 21.0. The first kappa shape index (κ1) is 12.9. The molecule has 102 valence electrons. The fourth-order valence-corrected chi connectivity index (χ4v) is 3.31. The third-order valence-corrected chi connectivity index (χ3v) is 4.35. The van der Waals surface area contributed by atoms with Crippen LogP contribution < -0.4 is 4.90 Å². The van der Waals surface area contributed by atoms with Crippen LogP contribution in [0.15, 0.2) is 23.3 Å². The third kappa shape index (κ3) is 2.33. The molecule has 0 saturated carbocycles. The van der Waals surface area contributed by atoms with E-state index >= 15 is 0 Å². The van der Waals surface area contributed by atoms with E-state index in [0.717, 1.165) is 20.9 Å². The molecule has 2 heterocycles. The molecule has 1 aromatic heterocycles. The van der Waals surface area contributed by atoms with Crippen molar-refractivity contribution in [3.05, 3.63) is 33.6 Å². The highest BCUT2D eigenvalue weighted by Crippen LogP contribution is 2.30. The van der Waals surface area contributed by atoms with Crippen molar-refractivity contribution < 1.29 is 4.79 Å². The Labute approximate surface area is 119 Å². The normalized spacial score (nSPS) is 18.6. The highest BCUT2D eigenvalue weighted by molar-refractivity contribution is 7.18. The number of fused-ring (bicyclic) bond motifs is 1. The van der Waals surface area contributed by atoms with Gasteiger partial charge in [0.05, 0.1) is 15.2 Å². The van der Waals surface area contributed by atoms with Gasteiger partial charge in [0, 0.05) is 30.1 Å². The van der Waals surface area contributed by atoms with Crippen LogP contribution in [0.4, 0.5) is 5.69 Å². The molecule has 0 radical (unpaired) electrons. The van der Waals surface area contributed by atoms with Gasteiger partial charge in [-0.15, -0.1) is 11.3 Å². The number of thiazole rings is 1. The van der Waals surface area contributed by atoms with E-state index in [1.165, 1.54) is 0 Å². The molecule has 0 spiro atoms. The number of anilines is 1. The number of amides is 1. The summed E-state index contributed by atoms with van der Waals surface area (Å²) in [7, 11) is 0. The minimum absolute atomic E-state index is 0.0782. The number of nitrogens with zero attached hydrogens (tertiary/aromatic N) is 5. The molecule has 0 bridgehead atoms. The van der Waals surface area contributed by atoms with Crippen molar-refractivity contribution in [1.29, 1.82) is 0 Å². The predicted molar refractivity (Wildman–Crippen MR) is 78.8 cm³/mol. The van der Waals surface area contributed by atoms with E-state index in [1.807, 2.05) is 25.1 Å². The van der Waals surface area contributed by atoms with Crippen molar-refractivity contribution >= 4 is 33.1 Å². The second kappa shape index (κ2) is 5.11. The summed E-state index contributed by atoms with van der Waals surface area (Å²) in [6.07, 6.45) is 0.438. The molecule has 3 rings (SSSR count). The second-order valence-electron chi connectivity index (χ2n) is 4.87. The van der Waals surface area contributed by atoms with Gasteiger partial charge in [0.25, 0.3) is 0 Å². The lowest BCUT2D eigenvalue weighted by atomic mass is 10.1. The van der Waals surface area contributed by atoms with E-state index in [9.17, 15) is 4.79 Å². The summed E-state index contributed by atoms with van der Waals surface area (Å²) < 4.78 is 1.13. The summed E-state index contributed by atoms with van der Waals surface area (Å²) in [5.74, 6) is 0.181. The van der Waals surface area contributed by atoms with E-state index in [4.69, 9.17) is 5.53 Å². The molecule has 0 N–H and O–H groups in total. The molecule has 0 aliphatic carbocycles. The zero-order valence-electron chi connectivity index (χ0n) is 11.0. The van der Waals surface area contributed by atoms with Gasteiger partial charge in [-0.05, 0) is 36.6 Å². The van der Waals surface area contributed by atoms with Crippen LogP contribution in [0.1, 0.15) is 11.4 Å². The number of aromatic nitrogens is 1. The van der Waals surface area contributed by atoms with Crippen LogP contribution in [0.3, 0.4) is 0 Å². The molecule has 1 aliphatic heterocycles. The maximum Gasteiger partial charge on any atom is 0.227 e. The van der Waals surface area contributed by atoms with Crippen molar-refractivity contribution in [3.63, 3.8) is 0 Å². The van der Waals surface area contributed by atoms with Gasteiger partial charge in [-0.1, -0.05) is 5.11 Å². The largest absolute Gasteiger partial charge is 0.312 e. The van der Waals surface area contributed by atoms with Crippen molar-refractivity contribution in [2.24, 2.45) is 11.0 Å². The van der Waals surface area contributed by atoms with Gasteiger partial charge in [-0.2, -0.15) is 0 Å². The highest BCUT2D eigenvalue weighted by Gasteiger charge is 2.30. The van der Waals surface area contributed by atoms with Crippen molar-refractivity contribution in [1.82, 2.24) is 4.98 Å². The summed E-state index contributed by atoms with van der Waals surface area (Å²) in [6, 6.07) is 5.91. The Hall–Kier alpha value is -2.11. The molecule has 1 fully saturated rings. The standard InChI is InChI=1S/C13H13N5OS/c1-8-16-11-5-10(2-3-12(11)20-8)18-7-9(4-13(18)19)6-15-17-14/h2-3,5,9H,4,6-7H2,1H3. The Balaban J connectivity index is 1.86. The van der Waals surface area contributed by atoms with Gasteiger partial charge >= 0.3 is 0 Å². The lowest BCUT2D eigenvalue weighted by Gasteiger charge is -2.16. The molecule has 1 aromatic carbocycles. The van der Waals surface area contributed by atoms with E-state index in [2.05, 4.69) is 15.0 Å². The van der Waals surface area contributed by atoms with Crippen LogP contribution in [-0.2, 0) is 4.79 Å². The Morgan fingerprint density at radius 3 is 3.25 bits per heavy atom. The highest BCUT2D eigenvalue weighted by atomic mass is 32.1. The van der Waals surface area contributed by atoms with Crippen LogP contribution in [0, 0.1) is 12.8 Å². The number of hydrogen-bond donors (Lipinski definition) is 0. The van der Waals surface area contributed by atoms with E-state index < -0.39 is 0 Å². The fraction of sp³-hybridized carbons (Fsp3) is 0.385. The molecule has 1 atom stereocenters. The molecule has 7 heteroatoms. The van der Waals surface area contributed by atoms with Crippen LogP contribution >= 0.6 is 11.3 Å². The maximum absolute atomic E-state index is 12.1. The van der Waals surface area contributed by atoms with Crippen molar-refractivity contribution in [2.75, 3.05) is 18.0 Å². The summed E-state index contributed by atoms with van der Waals surface area (Å²) in [5.41, 5.74) is 10.1. The Morgan fingerprint density at radius 1 is 1.60 bits per heavy atom. The number of rotatable bonds is 3. The lowest BCUT2D eigenvalue weighted by Crippen LogP contribution is -2.24. The fourth-order valence-electron chi connectivity index (χ4n) is 2.50. The van der Waals surface area contributed by atoms with Crippen LogP contribution in [0.2, 0.25) is 0 Å².